The van der Waals surface area contributed by atoms with Gasteiger partial charge >= 0.3 is 6.09 Å². The minimum atomic E-state index is -0.530. The van der Waals surface area contributed by atoms with E-state index < -0.39 is 5.60 Å². The third kappa shape index (κ3) is 6.60. The van der Waals surface area contributed by atoms with Gasteiger partial charge < -0.3 is 19.9 Å². The highest BCUT2D eigenvalue weighted by Crippen LogP contribution is 2.29. The molecule has 0 aliphatic carbocycles. The number of benzene rings is 1. The van der Waals surface area contributed by atoms with Crippen molar-refractivity contribution in [1.82, 2.24) is 45.0 Å². The number of nitrogens with zero attached hydrogens (tertiary/aromatic N) is 9. The Hall–Kier alpha value is -4.55. The van der Waals surface area contributed by atoms with Crippen LogP contribution in [0.2, 0.25) is 0 Å². The van der Waals surface area contributed by atoms with Gasteiger partial charge in [-0.05, 0) is 83.9 Å². The predicted octanol–water partition coefficient (Wildman–Crippen LogP) is 3.99. The van der Waals surface area contributed by atoms with Crippen LogP contribution in [0.3, 0.4) is 0 Å². The molecular weight excluding hydrogens is 548 g/mol. The summed E-state index contributed by atoms with van der Waals surface area (Å²) in [7, 11) is 0. The van der Waals surface area contributed by atoms with Crippen molar-refractivity contribution in [3.63, 3.8) is 0 Å². The van der Waals surface area contributed by atoms with Crippen LogP contribution in [0.1, 0.15) is 76.3 Å². The van der Waals surface area contributed by atoms with Crippen molar-refractivity contribution in [2.45, 2.75) is 72.6 Å². The van der Waals surface area contributed by atoms with Gasteiger partial charge in [0.05, 0.1) is 35.2 Å². The molecule has 0 spiro atoms. The molecular formula is C30H40N10O3. The van der Waals surface area contributed by atoms with Gasteiger partial charge in [0, 0.05) is 31.7 Å². The number of nitrogens with one attached hydrogen (secondary N) is 1. The van der Waals surface area contributed by atoms with E-state index in [1.165, 1.54) is 4.80 Å². The van der Waals surface area contributed by atoms with Crippen LogP contribution in [-0.4, -0.2) is 83.5 Å². The standard InChI is InChI=1S/C30H40N10O3/c1-19-17-21(9-10-22(19)20(2)32-27(41)26-34-36-40(35-26)29(3,4)5)25-23-11-12-31-39(23)18-24(33-25)37-13-15-38(16-14-37)28(42)43-30(6,7)8/h9-12,17-18,20H,13-16H2,1-8H3,(H,32,41)/t20-/m1/s1. The number of ether oxygens (including phenoxy) is 1. The Bertz CT molecular complexity index is 1640. The lowest BCUT2D eigenvalue weighted by molar-refractivity contribution is 0.0240. The number of hydrogen-bond donors (Lipinski definition) is 1. The van der Waals surface area contributed by atoms with E-state index in [9.17, 15) is 9.59 Å². The van der Waals surface area contributed by atoms with Gasteiger partial charge in [-0.2, -0.15) is 9.90 Å². The minimum Gasteiger partial charge on any atom is -0.444 e. The van der Waals surface area contributed by atoms with Gasteiger partial charge in [0.2, 0.25) is 0 Å². The van der Waals surface area contributed by atoms with Crippen molar-refractivity contribution in [2.24, 2.45) is 0 Å². The van der Waals surface area contributed by atoms with Crippen molar-refractivity contribution in [3.8, 4) is 11.3 Å². The number of carbonyl (C=O) groups excluding carboxylic acids is 2. The van der Waals surface area contributed by atoms with E-state index in [0.29, 0.717) is 26.2 Å². The van der Waals surface area contributed by atoms with Crippen LogP contribution in [0, 0.1) is 6.92 Å². The van der Waals surface area contributed by atoms with Crippen molar-refractivity contribution in [1.29, 1.82) is 0 Å². The molecule has 0 radical (unpaired) electrons. The van der Waals surface area contributed by atoms with Crippen LogP contribution in [0.25, 0.3) is 16.8 Å². The molecule has 228 valence electrons. The molecule has 1 fully saturated rings. The lowest BCUT2D eigenvalue weighted by Crippen LogP contribution is -2.50. The maximum atomic E-state index is 12.8. The van der Waals surface area contributed by atoms with Crippen LogP contribution in [-0.2, 0) is 10.3 Å². The number of aryl methyl sites for hydroxylation is 1. The molecule has 0 unspecified atom stereocenters. The Labute approximate surface area is 251 Å². The highest BCUT2D eigenvalue weighted by atomic mass is 16.6. The molecule has 13 heteroatoms. The van der Waals surface area contributed by atoms with E-state index in [1.54, 1.807) is 11.1 Å². The molecule has 1 N–H and O–H groups in total. The second-order valence-electron chi connectivity index (χ2n) is 12.9. The fourth-order valence-electron chi connectivity index (χ4n) is 4.96. The Morgan fingerprint density at radius 3 is 2.37 bits per heavy atom. The molecule has 1 aliphatic heterocycles. The van der Waals surface area contributed by atoms with Gasteiger partial charge in [-0.3, -0.25) is 4.79 Å². The lowest BCUT2D eigenvalue weighted by atomic mass is 9.98. The van der Waals surface area contributed by atoms with E-state index in [4.69, 9.17) is 9.72 Å². The minimum absolute atomic E-state index is 0.0344. The molecule has 3 aromatic heterocycles. The maximum absolute atomic E-state index is 12.8. The van der Waals surface area contributed by atoms with E-state index in [-0.39, 0.29) is 29.4 Å². The fourth-order valence-corrected chi connectivity index (χ4v) is 4.96. The molecule has 1 atom stereocenters. The Morgan fingerprint density at radius 2 is 1.74 bits per heavy atom. The van der Waals surface area contributed by atoms with Crippen LogP contribution >= 0.6 is 0 Å². The molecule has 4 heterocycles. The van der Waals surface area contributed by atoms with Gasteiger partial charge in [0.25, 0.3) is 11.7 Å². The van der Waals surface area contributed by atoms with Gasteiger partial charge in [0.1, 0.15) is 11.4 Å². The first-order valence-electron chi connectivity index (χ1n) is 14.5. The summed E-state index contributed by atoms with van der Waals surface area (Å²) >= 11 is 0. The van der Waals surface area contributed by atoms with Gasteiger partial charge in [-0.1, -0.05) is 12.1 Å². The molecule has 4 aromatic rings. The summed E-state index contributed by atoms with van der Waals surface area (Å²) in [5.74, 6) is 0.439. The number of tetrazole rings is 1. The molecule has 43 heavy (non-hydrogen) atoms. The van der Waals surface area contributed by atoms with E-state index >= 15 is 0 Å². The summed E-state index contributed by atoms with van der Waals surface area (Å²) in [5, 5.41) is 19.7. The molecule has 1 aliphatic rings. The van der Waals surface area contributed by atoms with Crippen molar-refractivity contribution in [2.75, 3.05) is 31.1 Å². The number of fused-ring (bicyclic) bond motifs is 1. The molecule has 13 nitrogen and oxygen atoms in total. The highest BCUT2D eigenvalue weighted by Gasteiger charge is 2.27. The summed E-state index contributed by atoms with van der Waals surface area (Å²) in [6, 6.07) is 7.76. The smallest absolute Gasteiger partial charge is 0.410 e. The summed E-state index contributed by atoms with van der Waals surface area (Å²) in [5.41, 5.74) is 3.71. The summed E-state index contributed by atoms with van der Waals surface area (Å²) in [6.45, 7) is 17.7. The number of aromatic nitrogens is 7. The molecule has 1 saturated heterocycles. The van der Waals surface area contributed by atoms with Crippen LogP contribution in [0.15, 0.2) is 36.7 Å². The second-order valence-corrected chi connectivity index (χ2v) is 12.9. The first-order chi connectivity index (χ1) is 20.2. The Balaban J connectivity index is 1.33. The molecule has 1 aromatic carbocycles. The van der Waals surface area contributed by atoms with Crippen LogP contribution in [0.4, 0.5) is 10.6 Å². The largest absolute Gasteiger partial charge is 0.444 e. The highest BCUT2D eigenvalue weighted by molar-refractivity contribution is 5.90. The number of hydrogen-bond acceptors (Lipinski definition) is 9. The zero-order valence-corrected chi connectivity index (χ0v) is 26.1. The van der Waals surface area contributed by atoms with Gasteiger partial charge in [-0.25, -0.2) is 14.3 Å². The number of rotatable bonds is 5. The average molecular weight is 589 g/mol. The predicted molar refractivity (Wildman–Crippen MR) is 162 cm³/mol. The average Bonchev–Trinajstić information content (AvgIpc) is 3.62. The first kappa shape index (κ1) is 29.9. The molecule has 0 bridgehead atoms. The lowest BCUT2D eigenvalue weighted by Gasteiger charge is -2.36. The Kier molecular flexibility index (Phi) is 7.84. The van der Waals surface area contributed by atoms with Crippen LogP contribution < -0.4 is 10.2 Å². The monoisotopic (exact) mass is 588 g/mol. The van der Waals surface area contributed by atoms with E-state index in [1.807, 2.05) is 84.3 Å². The van der Waals surface area contributed by atoms with Crippen molar-refractivity contribution < 1.29 is 14.3 Å². The number of amides is 2. The van der Waals surface area contributed by atoms with Crippen molar-refractivity contribution in [3.05, 3.63) is 53.6 Å². The Morgan fingerprint density at radius 1 is 1.02 bits per heavy atom. The summed E-state index contributed by atoms with van der Waals surface area (Å²) in [4.78, 5) is 35.8. The fraction of sp³-hybridized carbons (Fsp3) is 0.500. The summed E-state index contributed by atoms with van der Waals surface area (Å²) in [6.07, 6.45) is 3.38. The van der Waals surface area contributed by atoms with Crippen molar-refractivity contribution >= 4 is 23.3 Å². The third-order valence-electron chi connectivity index (χ3n) is 7.21. The third-order valence-corrected chi connectivity index (χ3v) is 7.21. The van der Waals surface area contributed by atoms with Gasteiger partial charge in [0.15, 0.2) is 0 Å². The number of piperazine rings is 1. The zero-order valence-electron chi connectivity index (χ0n) is 26.1. The summed E-state index contributed by atoms with van der Waals surface area (Å²) < 4.78 is 7.38. The first-order valence-corrected chi connectivity index (χ1v) is 14.5. The molecule has 0 saturated carbocycles. The topological polar surface area (TPSA) is 136 Å². The van der Waals surface area contributed by atoms with Gasteiger partial charge in [-0.15, -0.1) is 10.2 Å². The maximum Gasteiger partial charge on any atom is 0.410 e. The van der Waals surface area contributed by atoms with Crippen LogP contribution in [0.5, 0.6) is 0 Å². The van der Waals surface area contributed by atoms with E-state index in [0.717, 1.165) is 33.7 Å². The number of anilines is 1. The molecule has 2 amide bonds. The number of carbonyl (C=O) groups is 2. The normalized spacial score (nSPS) is 15.1. The zero-order chi connectivity index (χ0) is 31.1. The SMILES string of the molecule is Cc1cc(-c2nc(N3CCN(C(=O)OC(C)(C)C)CC3)cn3nccc23)ccc1[C@@H](C)NC(=O)c1nnn(C(C)(C)C)n1. The quantitative estimate of drug-likeness (QED) is 0.367. The van der Waals surface area contributed by atoms with E-state index in [2.05, 4.69) is 36.8 Å². The molecule has 5 rings (SSSR count). The second kappa shape index (κ2) is 11.3.